The zero-order valence-corrected chi connectivity index (χ0v) is 14.2. The second-order valence-electron chi connectivity index (χ2n) is 7.31. The fourth-order valence-corrected chi connectivity index (χ4v) is 4.42. The van der Waals surface area contributed by atoms with Crippen LogP contribution in [0.25, 0.3) is 0 Å². The molecule has 4 aliphatic heterocycles. The van der Waals surface area contributed by atoms with E-state index in [9.17, 15) is 13.6 Å². The molecule has 1 aromatic rings. The van der Waals surface area contributed by atoms with Gasteiger partial charge in [0.1, 0.15) is 0 Å². The topological polar surface area (TPSA) is 50.6 Å². The third-order valence-corrected chi connectivity index (χ3v) is 5.74. The number of amides is 1. The van der Waals surface area contributed by atoms with Gasteiger partial charge in [0.05, 0.1) is 0 Å². The van der Waals surface area contributed by atoms with Crippen LogP contribution in [0.4, 0.5) is 8.78 Å². The average molecular weight is 354 g/mol. The van der Waals surface area contributed by atoms with E-state index in [0.29, 0.717) is 23.2 Å². The van der Waals surface area contributed by atoms with Crippen LogP contribution in [0.3, 0.4) is 0 Å². The van der Waals surface area contributed by atoms with E-state index in [0.717, 1.165) is 52.0 Å². The lowest BCUT2D eigenvalue weighted by Crippen LogP contribution is -2.48. The number of hydrogen-bond donors (Lipinski definition) is 0. The van der Waals surface area contributed by atoms with Crippen LogP contribution in [-0.2, 0) is 4.74 Å². The van der Waals surface area contributed by atoms with Gasteiger partial charge in [-0.05, 0) is 37.7 Å². The fraction of sp³-hybridized carbons (Fsp3) is 0.765. The van der Waals surface area contributed by atoms with Crippen molar-refractivity contribution < 1.29 is 18.3 Å². The van der Waals surface area contributed by atoms with Crippen molar-refractivity contribution in [2.24, 2.45) is 5.92 Å². The first kappa shape index (κ1) is 16.9. The molecule has 4 saturated heterocycles. The third-order valence-electron chi connectivity index (χ3n) is 5.74. The van der Waals surface area contributed by atoms with E-state index in [-0.39, 0.29) is 17.6 Å². The van der Waals surface area contributed by atoms with Crippen molar-refractivity contribution in [2.45, 2.75) is 44.3 Å². The van der Waals surface area contributed by atoms with Crippen molar-refractivity contribution in [1.82, 2.24) is 19.6 Å². The molecule has 8 heteroatoms. The Labute approximate surface area is 145 Å². The fourth-order valence-electron chi connectivity index (χ4n) is 4.42. The molecule has 6 nitrogen and oxygen atoms in total. The van der Waals surface area contributed by atoms with Gasteiger partial charge in [-0.1, -0.05) is 0 Å². The highest BCUT2D eigenvalue weighted by Crippen LogP contribution is 2.31. The molecule has 5 rings (SSSR count). The van der Waals surface area contributed by atoms with Gasteiger partial charge in [-0.25, -0.2) is 4.68 Å². The van der Waals surface area contributed by atoms with Crippen molar-refractivity contribution in [3.05, 3.63) is 18.0 Å². The van der Waals surface area contributed by atoms with Crippen LogP contribution in [0.1, 0.15) is 42.7 Å². The quantitative estimate of drug-likeness (QED) is 0.833. The number of fused-ring (bicyclic) bond motifs is 4. The molecule has 0 aliphatic carbocycles. The van der Waals surface area contributed by atoms with Gasteiger partial charge < -0.3 is 9.64 Å². The molecule has 2 bridgehead atoms. The van der Waals surface area contributed by atoms with E-state index in [2.05, 4.69) is 10.00 Å². The van der Waals surface area contributed by atoms with Gasteiger partial charge in [0.15, 0.2) is 5.69 Å². The Kier molecular flexibility index (Phi) is 4.73. The van der Waals surface area contributed by atoms with E-state index in [1.807, 2.05) is 4.90 Å². The van der Waals surface area contributed by atoms with Crippen molar-refractivity contribution in [3.63, 3.8) is 0 Å². The highest BCUT2D eigenvalue weighted by Gasteiger charge is 2.40. The second-order valence-corrected chi connectivity index (χ2v) is 7.31. The van der Waals surface area contributed by atoms with E-state index in [4.69, 9.17) is 4.74 Å². The summed E-state index contributed by atoms with van der Waals surface area (Å²) in [6.07, 6.45) is 5.37. The van der Waals surface area contributed by atoms with Gasteiger partial charge in [0.2, 0.25) is 0 Å². The number of carbonyl (C=O) groups is 1. The Morgan fingerprint density at radius 3 is 2.64 bits per heavy atom. The summed E-state index contributed by atoms with van der Waals surface area (Å²) in [6.45, 7) is 1.48. The summed E-state index contributed by atoms with van der Waals surface area (Å²) in [5.74, 6) is 0.227. The van der Waals surface area contributed by atoms with Gasteiger partial charge in [-0.3, -0.25) is 9.69 Å². The number of carbonyl (C=O) groups excluding carboxylic acids is 1. The van der Waals surface area contributed by atoms with Crippen LogP contribution in [0, 0.1) is 5.92 Å². The van der Waals surface area contributed by atoms with Crippen LogP contribution in [-0.4, -0.2) is 70.4 Å². The maximum atomic E-state index is 12.8. The van der Waals surface area contributed by atoms with Gasteiger partial charge in [0.25, 0.3) is 5.91 Å². The molecule has 0 spiro atoms. The van der Waals surface area contributed by atoms with E-state index >= 15 is 0 Å². The summed E-state index contributed by atoms with van der Waals surface area (Å²) >= 11 is 0. The predicted molar refractivity (Wildman–Crippen MR) is 86.4 cm³/mol. The molecule has 0 radical (unpaired) electrons. The molecule has 5 heterocycles. The SMILES string of the molecule is O=C(c1ccn(C(F)F)n1)N1C[C@@H]2CC[C@H]1CN(C1CCOCC1)C2. The average Bonchev–Trinajstić information content (AvgIpc) is 2.95. The lowest BCUT2D eigenvalue weighted by molar-refractivity contribution is 0.0303. The zero-order valence-electron chi connectivity index (χ0n) is 14.2. The number of rotatable bonds is 3. The van der Waals surface area contributed by atoms with Gasteiger partial charge in [-0.15, -0.1) is 0 Å². The van der Waals surface area contributed by atoms with Crippen molar-refractivity contribution in [3.8, 4) is 0 Å². The molecule has 25 heavy (non-hydrogen) atoms. The summed E-state index contributed by atoms with van der Waals surface area (Å²) in [5, 5.41) is 3.75. The largest absolute Gasteiger partial charge is 0.381 e. The summed E-state index contributed by atoms with van der Waals surface area (Å²) in [4.78, 5) is 17.2. The van der Waals surface area contributed by atoms with Crippen molar-refractivity contribution in [1.29, 1.82) is 0 Å². The Morgan fingerprint density at radius 1 is 1.12 bits per heavy atom. The number of halogens is 2. The first-order valence-electron chi connectivity index (χ1n) is 9.08. The Balaban J connectivity index is 1.48. The standard InChI is InChI=1S/C17H24F2N4O2/c18-17(19)23-6-3-15(20-23)16(24)22-10-12-1-2-14(22)11-21(9-12)13-4-7-25-8-5-13/h3,6,12-14,17H,1-2,4-5,7-11H2/t12-,14+/m1/s1. The van der Waals surface area contributed by atoms with Crippen LogP contribution >= 0.6 is 0 Å². The zero-order chi connectivity index (χ0) is 17.4. The summed E-state index contributed by atoms with van der Waals surface area (Å²) < 4.78 is 31.4. The lowest BCUT2D eigenvalue weighted by atomic mass is 9.94. The highest BCUT2D eigenvalue weighted by molar-refractivity contribution is 5.92. The summed E-state index contributed by atoms with van der Waals surface area (Å²) in [5.41, 5.74) is 0.116. The monoisotopic (exact) mass is 354 g/mol. The van der Waals surface area contributed by atoms with Gasteiger partial charge in [-0.2, -0.15) is 13.9 Å². The van der Waals surface area contributed by atoms with Crippen LogP contribution in [0.2, 0.25) is 0 Å². The van der Waals surface area contributed by atoms with E-state index < -0.39 is 6.55 Å². The molecule has 4 fully saturated rings. The van der Waals surface area contributed by atoms with E-state index in [1.165, 1.54) is 12.3 Å². The molecular weight excluding hydrogens is 330 g/mol. The maximum Gasteiger partial charge on any atom is 0.333 e. The molecule has 2 atom stereocenters. The lowest BCUT2D eigenvalue weighted by Gasteiger charge is -2.36. The summed E-state index contributed by atoms with van der Waals surface area (Å²) in [6, 6.07) is 2.07. The minimum atomic E-state index is -2.72. The van der Waals surface area contributed by atoms with Crippen molar-refractivity contribution >= 4 is 5.91 Å². The molecule has 1 aromatic heterocycles. The van der Waals surface area contributed by atoms with Crippen LogP contribution in [0.5, 0.6) is 0 Å². The second kappa shape index (κ2) is 6.99. The first-order valence-corrected chi connectivity index (χ1v) is 9.08. The Hall–Kier alpha value is -1.54. The van der Waals surface area contributed by atoms with Crippen LogP contribution in [0.15, 0.2) is 12.3 Å². The Morgan fingerprint density at radius 2 is 1.92 bits per heavy atom. The molecule has 0 saturated carbocycles. The number of alkyl halides is 2. The molecule has 1 amide bonds. The smallest absolute Gasteiger partial charge is 0.333 e. The Bertz CT molecular complexity index is 618. The molecule has 0 N–H and O–H groups in total. The molecule has 4 aliphatic rings. The third kappa shape index (κ3) is 3.42. The number of hydrogen-bond acceptors (Lipinski definition) is 4. The van der Waals surface area contributed by atoms with Gasteiger partial charge >= 0.3 is 6.55 Å². The number of nitrogens with zero attached hydrogens (tertiary/aromatic N) is 4. The molecule has 0 unspecified atom stereocenters. The normalized spacial score (nSPS) is 28.5. The number of aromatic nitrogens is 2. The maximum absolute atomic E-state index is 12.8. The number of piperidine rings is 1. The first-order chi connectivity index (χ1) is 12.1. The summed E-state index contributed by atoms with van der Waals surface area (Å²) in [7, 11) is 0. The number of ether oxygens (including phenoxy) is 1. The van der Waals surface area contributed by atoms with Crippen molar-refractivity contribution in [2.75, 3.05) is 32.8 Å². The van der Waals surface area contributed by atoms with Crippen LogP contribution < -0.4 is 0 Å². The predicted octanol–water partition coefficient (Wildman–Crippen LogP) is 1.99. The van der Waals surface area contributed by atoms with E-state index in [1.54, 1.807) is 0 Å². The molecular formula is C17H24F2N4O2. The highest BCUT2D eigenvalue weighted by atomic mass is 19.3. The van der Waals surface area contributed by atoms with Gasteiger partial charge in [0, 0.05) is 51.1 Å². The molecule has 138 valence electrons. The molecule has 0 aromatic carbocycles. The minimum absolute atomic E-state index is 0.116. The minimum Gasteiger partial charge on any atom is -0.381 e.